The van der Waals surface area contributed by atoms with E-state index in [4.69, 9.17) is 9.72 Å². The van der Waals surface area contributed by atoms with Gasteiger partial charge < -0.3 is 9.14 Å². The normalized spacial score (nSPS) is 11.0. The molecule has 0 spiro atoms. The Morgan fingerprint density at radius 3 is 2.50 bits per heavy atom. The van der Waals surface area contributed by atoms with Gasteiger partial charge in [-0.25, -0.2) is 4.98 Å². The van der Waals surface area contributed by atoms with E-state index in [2.05, 4.69) is 73.0 Å². The van der Waals surface area contributed by atoms with Crippen molar-refractivity contribution in [3.8, 4) is 17.0 Å². The zero-order valence-electron chi connectivity index (χ0n) is 15.4. The molecular formula is C23H22N2O. The average Bonchev–Trinajstić information content (AvgIpc) is 3.02. The minimum atomic E-state index is 0.824. The molecule has 3 heteroatoms. The molecule has 0 saturated heterocycles. The standard InChI is InChI=1S/C23H22N2O/c1-16-9-12-22-24-23(18-7-5-4-6-8-18)21(25(22)15-16)14-19-10-11-20(26-3)13-17(19)2/h4-13,15H,14H2,1-3H3. The molecule has 2 aromatic carbocycles. The number of rotatable bonds is 4. The van der Waals surface area contributed by atoms with Crippen molar-refractivity contribution in [1.29, 1.82) is 0 Å². The minimum Gasteiger partial charge on any atom is -0.497 e. The van der Waals surface area contributed by atoms with Gasteiger partial charge in [-0.15, -0.1) is 0 Å². The van der Waals surface area contributed by atoms with Crippen molar-refractivity contribution in [3.05, 3.63) is 89.2 Å². The fourth-order valence-corrected chi connectivity index (χ4v) is 3.37. The molecule has 0 amide bonds. The summed E-state index contributed by atoms with van der Waals surface area (Å²) in [4.78, 5) is 4.92. The Labute approximate surface area is 153 Å². The van der Waals surface area contributed by atoms with E-state index in [1.165, 1.54) is 22.4 Å². The lowest BCUT2D eigenvalue weighted by molar-refractivity contribution is 0.414. The van der Waals surface area contributed by atoms with Gasteiger partial charge >= 0.3 is 0 Å². The first-order chi connectivity index (χ1) is 12.7. The molecule has 0 fully saturated rings. The van der Waals surface area contributed by atoms with Crippen LogP contribution in [0.15, 0.2) is 66.9 Å². The van der Waals surface area contributed by atoms with Gasteiger partial charge in [0.15, 0.2) is 0 Å². The van der Waals surface area contributed by atoms with Crippen molar-refractivity contribution >= 4 is 5.65 Å². The van der Waals surface area contributed by atoms with Gasteiger partial charge in [-0.2, -0.15) is 0 Å². The molecule has 0 aliphatic heterocycles. The summed E-state index contributed by atoms with van der Waals surface area (Å²) < 4.78 is 7.57. The number of pyridine rings is 1. The predicted octanol–water partition coefficient (Wildman–Crippen LogP) is 5.22. The summed E-state index contributed by atoms with van der Waals surface area (Å²) >= 11 is 0. The lowest BCUT2D eigenvalue weighted by atomic mass is 10.0. The topological polar surface area (TPSA) is 26.5 Å². The molecule has 4 rings (SSSR count). The minimum absolute atomic E-state index is 0.824. The first kappa shape index (κ1) is 16.4. The van der Waals surface area contributed by atoms with Crippen LogP contribution in [0.2, 0.25) is 0 Å². The van der Waals surface area contributed by atoms with Crippen LogP contribution in [0.25, 0.3) is 16.9 Å². The van der Waals surface area contributed by atoms with Crippen LogP contribution in [-0.4, -0.2) is 16.5 Å². The van der Waals surface area contributed by atoms with Crippen LogP contribution in [-0.2, 0) is 6.42 Å². The summed E-state index contributed by atoms with van der Waals surface area (Å²) in [5.74, 6) is 0.892. The molecule has 2 aromatic heterocycles. The van der Waals surface area contributed by atoms with Gasteiger partial charge in [0.2, 0.25) is 0 Å². The Balaban J connectivity index is 1.88. The summed E-state index contributed by atoms with van der Waals surface area (Å²) in [6.07, 6.45) is 2.99. The van der Waals surface area contributed by atoms with Crippen LogP contribution in [0, 0.1) is 13.8 Å². The fourth-order valence-electron chi connectivity index (χ4n) is 3.37. The maximum Gasteiger partial charge on any atom is 0.137 e. The van der Waals surface area contributed by atoms with Crippen molar-refractivity contribution in [1.82, 2.24) is 9.38 Å². The van der Waals surface area contributed by atoms with Gasteiger partial charge in [-0.1, -0.05) is 42.5 Å². The largest absolute Gasteiger partial charge is 0.497 e. The van der Waals surface area contributed by atoms with Gasteiger partial charge in [0, 0.05) is 18.2 Å². The number of benzene rings is 2. The molecule has 0 atom stereocenters. The summed E-state index contributed by atoms with van der Waals surface area (Å²) in [5.41, 5.74) is 8.12. The molecule has 0 unspecified atom stereocenters. The number of ether oxygens (including phenoxy) is 1. The molecule has 0 N–H and O–H groups in total. The molecule has 0 bridgehead atoms. The van der Waals surface area contributed by atoms with Gasteiger partial charge in [0.05, 0.1) is 18.5 Å². The summed E-state index contributed by atoms with van der Waals surface area (Å²) in [7, 11) is 1.70. The highest BCUT2D eigenvalue weighted by Gasteiger charge is 2.15. The number of hydrogen-bond acceptors (Lipinski definition) is 2. The summed E-state index contributed by atoms with van der Waals surface area (Å²) in [5, 5.41) is 0. The lowest BCUT2D eigenvalue weighted by Crippen LogP contribution is -1.99. The van der Waals surface area contributed by atoms with E-state index < -0.39 is 0 Å². The number of methoxy groups -OCH3 is 1. The van der Waals surface area contributed by atoms with E-state index in [1.807, 2.05) is 12.1 Å². The molecule has 130 valence electrons. The van der Waals surface area contributed by atoms with Crippen LogP contribution in [0.3, 0.4) is 0 Å². The highest BCUT2D eigenvalue weighted by atomic mass is 16.5. The van der Waals surface area contributed by atoms with Crippen molar-refractivity contribution in [2.75, 3.05) is 7.11 Å². The van der Waals surface area contributed by atoms with Gasteiger partial charge in [0.1, 0.15) is 11.4 Å². The van der Waals surface area contributed by atoms with Crippen molar-refractivity contribution in [2.24, 2.45) is 0 Å². The zero-order chi connectivity index (χ0) is 18.1. The zero-order valence-corrected chi connectivity index (χ0v) is 15.4. The van der Waals surface area contributed by atoms with Crippen LogP contribution in [0.5, 0.6) is 5.75 Å². The first-order valence-corrected chi connectivity index (χ1v) is 8.82. The second-order valence-corrected chi connectivity index (χ2v) is 6.68. The fraction of sp³-hybridized carbons (Fsp3) is 0.174. The SMILES string of the molecule is COc1ccc(Cc2c(-c3ccccc3)nc3ccc(C)cn23)c(C)c1. The Morgan fingerprint density at radius 1 is 0.962 bits per heavy atom. The molecule has 26 heavy (non-hydrogen) atoms. The Morgan fingerprint density at radius 2 is 1.77 bits per heavy atom. The van der Waals surface area contributed by atoms with Crippen LogP contribution in [0.4, 0.5) is 0 Å². The van der Waals surface area contributed by atoms with E-state index in [-0.39, 0.29) is 0 Å². The molecule has 0 saturated carbocycles. The van der Waals surface area contributed by atoms with Crippen molar-refractivity contribution in [2.45, 2.75) is 20.3 Å². The van der Waals surface area contributed by atoms with E-state index in [1.54, 1.807) is 7.11 Å². The van der Waals surface area contributed by atoms with Crippen LogP contribution >= 0.6 is 0 Å². The van der Waals surface area contributed by atoms with Crippen molar-refractivity contribution < 1.29 is 4.74 Å². The summed E-state index contributed by atoms with van der Waals surface area (Å²) in [6, 6.07) is 20.9. The predicted molar refractivity (Wildman–Crippen MR) is 106 cm³/mol. The number of hydrogen-bond donors (Lipinski definition) is 0. The number of aromatic nitrogens is 2. The van der Waals surface area contributed by atoms with Crippen LogP contribution < -0.4 is 4.74 Å². The average molecular weight is 342 g/mol. The van der Waals surface area contributed by atoms with E-state index >= 15 is 0 Å². The van der Waals surface area contributed by atoms with Gasteiger partial charge in [0.25, 0.3) is 0 Å². The van der Waals surface area contributed by atoms with Crippen LogP contribution in [0.1, 0.15) is 22.4 Å². The number of imidazole rings is 1. The Bertz CT molecular complexity index is 1060. The summed E-state index contributed by atoms with van der Waals surface area (Å²) in [6.45, 7) is 4.25. The van der Waals surface area contributed by atoms with Gasteiger partial charge in [-0.3, -0.25) is 0 Å². The number of aryl methyl sites for hydroxylation is 2. The first-order valence-electron chi connectivity index (χ1n) is 8.82. The third-order valence-corrected chi connectivity index (χ3v) is 4.82. The molecule has 4 aromatic rings. The molecule has 0 aliphatic carbocycles. The molecule has 0 radical (unpaired) electrons. The number of nitrogens with zero attached hydrogens (tertiary/aromatic N) is 2. The Kier molecular flexibility index (Phi) is 4.21. The van der Waals surface area contributed by atoms with E-state index in [9.17, 15) is 0 Å². The smallest absolute Gasteiger partial charge is 0.137 e. The quantitative estimate of drug-likeness (QED) is 0.508. The maximum atomic E-state index is 5.35. The second kappa shape index (κ2) is 6.68. The molecule has 3 nitrogen and oxygen atoms in total. The second-order valence-electron chi connectivity index (χ2n) is 6.68. The highest BCUT2D eigenvalue weighted by Crippen LogP contribution is 2.28. The third-order valence-electron chi connectivity index (χ3n) is 4.82. The number of fused-ring (bicyclic) bond motifs is 1. The third kappa shape index (κ3) is 2.97. The van der Waals surface area contributed by atoms with Gasteiger partial charge in [-0.05, 0) is 48.7 Å². The Hall–Kier alpha value is -3.07. The monoisotopic (exact) mass is 342 g/mol. The van der Waals surface area contributed by atoms with Crippen molar-refractivity contribution in [3.63, 3.8) is 0 Å². The van der Waals surface area contributed by atoms with E-state index in [0.29, 0.717) is 0 Å². The molecule has 2 heterocycles. The maximum absolute atomic E-state index is 5.35. The molecular weight excluding hydrogens is 320 g/mol. The lowest BCUT2D eigenvalue weighted by Gasteiger charge is -2.10. The van der Waals surface area contributed by atoms with E-state index in [0.717, 1.165) is 29.1 Å². The highest BCUT2D eigenvalue weighted by molar-refractivity contribution is 5.67. The molecule has 0 aliphatic rings.